The van der Waals surface area contributed by atoms with Crippen LogP contribution in [0.2, 0.25) is 0 Å². The van der Waals surface area contributed by atoms with Crippen LogP contribution in [-0.4, -0.2) is 45.4 Å². The molecule has 3 aromatic rings. The van der Waals surface area contributed by atoms with E-state index in [1.807, 2.05) is 10.7 Å². The quantitative estimate of drug-likeness (QED) is 0.202. The van der Waals surface area contributed by atoms with Crippen LogP contribution in [0.3, 0.4) is 0 Å². The van der Waals surface area contributed by atoms with E-state index >= 15 is 0 Å². The zero-order valence-electron chi connectivity index (χ0n) is 26.6. The second-order valence-electron chi connectivity index (χ2n) is 14.0. The fourth-order valence-electron chi connectivity index (χ4n) is 8.15. The Hall–Kier alpha value is -3.20. The van der Waals surface area contributed by atoms with Crippen molar-refractivity contribution < 1.29 is 27.5 Å². The van der Waals surface area contributed by atoms with Crippen molar-refractivity contribution in [3.63, 3.8) is 0 Å². The van der Waals surface area contributed by atoms with Gasteiger partial charge in [0, 0.05) is 31.1 Å². The Labute approximate surface area is 269 Å². The van der Waals surface area contributed by atoms with Gasteiger partial charge in [-0.2, -0.15) is 18.3 Å². The molecule has 1 N–H and O–H groups in total. The number of nitrogens with zero attached hydrogens (tertiary/aromatic N) is 3. The van der Waals surface area contributed by atoms with E-state index in [4.69, 9.17) is 5.10 Å². The molecule has 1 saturated heterocycles. The van der Waals surface area contributed by atoms with Gasteiger partial charge in [-0.3, -0.25) is 9.48 Å². The minimum atomic E-state index is -4.34. The predicted molar refractivity (Wildman–Crippen MR) is 169 cm³/mol. The molecule has 0 amide bonds. The molecule has 0 bridgehead atoms. The average molecular weight is 640 g/mol. The van der Waals surface area contributed by atoms with Crippen molar-refractivity contribution >= 4 is 5.97 Å². The van der Waals surface area contributed by atoms with Gasteiger partial charge in [0.1, 0.15) is 5.82 Å². The van der Waals surface area contributed by atoms with Crippen molar-refractivity contribution in [2.75, 3.05) is 19.6 Å². The van der Waals surface area contributed by atoms with Gasteiger partial charge in [0.2, 0.25) is 0 Å². The number of halogens is 4. The molecule has 2 aliphatic carbocycles. The molecular formula is C37H45F4N3O2. The number of hydrogen-bond acceptors (Lipinski definition) is 3. The minimum absolute atomic E-state index is 0.220. The van der Waals surface area contributed by atoms with Gasteiger partial charge in [-0.15, -0.1) is 0 Å². The molecule has 3 aliphatic rings. The van der Waals surface area contributed by atoms with Gasteiger partial charge in [-0.1, -0.05) is 37.1 Å². The van der Waals surface area contributed by atoms with Crippen molar-refractivity contribution in [2.24, 2.45) is 23.7 Å². The number of benzene rings is 2. The molecule has 4 atom stereocenters. The summed E-state index contributed by atoms with van der Waals surface area (Å²) in [5.41, 5.74) is 3.26. The molecule has 2 unspecified atom stereocenters. The van der Waals surface area contributed by atoms with E-state index in [9.17, 15) is 27.5 Å². The van der Waals surface area contributed by atoms with Gasteiger partial charge >= 0.3 is 12.1 Å². The number of aliphatic carboxylic acids is 1. The van der Waals surface area contributed by atoms with Crippen LogP contribution in [0.5, 0.6) is 0 Å². The highest BCUT2D eigenvalue weighted by molar-refractivity contribution is 5.70. The number of alkyl halides is 3. The zero-order valence-corrected chi connectivity index (χ0v) is 26.6. The number of hydrogen-bond donors (Lipinski definition) is 1. The number of carboxylic acid groups (broad SMARTS) is 1. The molecule has 5 nitrogen and oxygen atoms in total. The summed E-state index contributed by atoms with van der Waals surface area (Å²) in [6, 6.07) is 14.4. The van der Waals surface area contributed by atoms with Gasteiger partial charge in [0.25, 0.3) is 0 Å². The molecule has 46 heavy (non-hydrogen) atoms. The maximum atomic E-state index is 14.3. The normalized spacial score (nSPS) is 23.5. The van der Waals surface area contributed by atoms with E-state index in [1.54, 1.807) is 12.1 Å². The summed E-state index contributed by atoms with van der Waals surface area (Å²) in [6.07, 6.45) is 3.83. The van der Waals surface area contributed by atoms with Crippen LogP contribution in [-0.2, 0) is 23.9 Å². The second-order valence-corrected chi connectivity index (χ2v) is 14.0. The summed E-state index contributed by atoms with van der Waals surface area (Å²) in [5, 5.41) is 14.7. The lowest BCUT2D eigenvalue weighted by atomic mass is 9.87. The van der Waals surface area contributed by atoms with Crippen LogP contribution in [0.1, 0.15) is 98.2 Å². The molecule has 9 heteroatoms. The molecule has 1 aliphatic heterocycles. The second kappa shape index (κ2) is 13.9. The summed E-state index contributed by atoms with van der Waals surface area (Å²) in [4.78, 5) is 14.6. The Morgan fingerprint density at radius 1 is 0.978 bits per heavy atom. The van der Waals surface area contributed by atoms with Crippen LogP contribution in [0.15, 0.2) is 54.6 Å². The Morgan fingerprint density at radius 3 is 2.33 bits per heavy atom. The fourth-order valence-corrected chi connectivity index (χ4v) is 8.15. The van der Waals surface area contributed by atoms with Crippen molar-refractivity contribution in [1.82, 2.24) is 14.7 Å². The van der Waals surface area contributed by atoms with Crippen LogP contribution in [0, 0.1) is 29.5 Å². The third kappa shape index (κ3) is 8.01. The summed E-state index contributed by atoms with van der Waals surface area (Å²) >= 11 is 0. The van der Waals surface area contributed by atoms with Crippen LogP contribution in [0.4, 0.5) is 17.6 Å². The summed E-state index contributed by atoms with van der Waals surface area (Å²) in [7, 11) is 0. The molecular weight excluding hydrogens is 594 g/mol. The number of rotatable bonds is 12. The molecule has 2 saturated carbocycles. The van der Waals surface area contributed by atoms with E-state index in [0.29, 0.717) is 36.5 Å². The molecule has 3 fully saturated rings. The van der Waals surface area contributed by atoms with E-state index in [0.717, 1.165) is 100 Å². The number of carboxylic acids is 1. The third-order valence-corrected chi connectivity index (χ3v) is 10.7. The summed E-state index contributed by atoms with van der Waals surface area (Å²) < 4.78 is 55.3. The highest BCUT2D eigenvalue weighted by atomic mass is 19.4. The van der Waals surface area contributed by atoms with Gasteiger partial charge < -0.3 is 10.0 Å². The van der Waals surface area contributed by atoms with Gasteiger partial charge in [-0.05, 0) is 124 Å². The maximum Gasteiger partial charge on any atom is 0.416 e. The van der Waals surface area contributed by atoms with Crippen LogP contribution >= 0.6 is 0 Å². The van der Waals surface area contributed by atoms with Gasteiger partial charge in [-0.25, -0.2) is 4.39 Å². The maximum absolute atomic E-state index is 14.3. The summed E-state index contributed by atoms with van der Waals surface area (Å²) in [5.74, 6) is 0.669. The predicted octanol–water partition coefficient (Wildman–Crippen LogP) is 8.53. The molecule has 0 spiro atoms. The number of aromatic nitrogens is 2. The first-order valence-electron chi connectivity index (χ1n) is 17.0. The van der Waals surface area contributed by atoms with E-state index < -0.39 is 17.7 Å². The topological polar surface area (TPSA) is 58.4 Å². The largest absolute Gasteiger partial charge is 0.481 e. The highest BCUT2D eigenvalue weighted by Crippen LogP contribution is 2.48. The van der Waals surface area contributed by atoms with Crippen molar-refractivity contribution in [1.29, 1.82) is 0 Å². The van der Waals surface area contributed by atoms with E-state index in [1.165, 1.54) is 23.9 Å². The van der Waals surface area contributed by atoms with Gasteiger partial charge in [0.15, 0.2) is 0 Å². The first-order chi connectivity index (χ1) is 22.1. The minimum Gasteiger partial charge on any atom is -0.481 e. The number of likely N-dealkylation sites (tertiary alicyclic amines) is 1. The Morgan fingerprint density at radius 2 is 1.70 bits per heavy atom. The van der Waals surface area contributed by atoms with Crippen molar-refractivity contribution in [3.8, 4) is 0 Å². The Bertz CT molecular complexity index is 1470. The first-order valence-corrected chi connectivity index (χ1v) is 17.0. The Balaban J connectivity index is 1.08. The standard InChI is InChI=1S/C37H45F4N3O2/c1-2-44-35(22-33(42-44)19-25-8-10-31(11-9-25)37(39,40)41)27-12-14-43(15-13-27)23-30-18-26(17-29(36(45)46)16-24-6-7-24)20-34(30)28-4-3-5-32(38)21-28/h3-5,8-11,21-22,24,26-27,29-30,34H,2,6-7,12-20,23H2,1H3,(H,45,46)/t26?,29?,30-,34-/m1/s1. The number of piperidine rings is 1. The highest BCUT2D eigenvalue weighted by Gasteiger charge is 2.40. The van der Waals surface area contributed by atoms with Crippen molar-refractivity contribution in [3.05, 3.63) is 88.5 Å². The van der Waals surface area contributed by atoms with Gasteiger partial charge in [0.05, 0.1) is 17.2 Å². The monoisotopic (exact) mass is 639 g/mol. The van der Waals surface area contributed by atoms with Crippen LogP contribution < -0.4 is 0 Å². The SMILES string of the molecule is CCn1nc(Cc2ccc(C(F)(F)F)cc2)cc1C1CCN(C[C@H]2CC(CC(CC3CC3)C(=O)O)C[C@@H]2c2cccc(F)c2)CC1. The molecule has 2 heterocycles. The van der Waals surface area contributed by atoms with E-state index in [-0.39, 0.29) is 17.7 Å². The third-order valence-electron chi connectivity index (χ3n) is 10.7. The number of carbonyl (C=O) groups is 1. The lowest BCUT2D eigenvalue weighted by Gasteiger charge is -2.35. The van der Waals surface area contributed by atoms with E-state index in [2.05, 4.69) is 17.9 Å². The molecule has 0 radical (unpaired) electrons. The zero-order chi connectivity index (χ0) is 32.4. The molecule has 248 valence electrons. The average Bonchev–Trinajstić information content (AvgIpc) is 3.62. The summed E-state index contributed by atoms with van der Waals surface area (Å²) in [6.45, 7) is 5.63. The first kappa shape index (κ1) is 32.7. The molecule has 6 rings (SSSR count). The number of aryl methyl sites for hydroxylation is 1. The lowest BCUT2D eigenvalue weighted by molar-refractivity contribution is -0.142. The molecule has 2 aromatic carbocycles. The fraction of sp³-hybridized carbons (Fsp3) is 0.568. The van der Waals surface area contributed by atoms with Crippen molar-refractivity contribution in [2.45, 2.75) is 89.3 Å². The smallest absolute Gasteiger partial charge is 0.416 e. The van der Waals surface area contributed by atoms with Crippen LogP contribution in [0.25, 0.3) is 0 Å². The molecule has 1 aromatic heterocycles. The Kier molecular flexibility index (Phi) is 9.88. The lowest BCUT2D eigenvalue weighted by Crippen LogP contribution is -2.37.